The van der Waals surface area contributed by atoms with E-state index in [4.69, 9.17) is 4.74 Å². The summed E-state index contributed by atoms with van der Waals surface area (Å²) in [5.74, 6) is 0.0953. The fourth-order valence-corrected chi connectivity index (χ4v) is 0.952. The van der Waals surface area contributed by atoms with Crippen molar-refractivity contribution in [1.29, 1.82) is 0 Å². The van der Waals surface area contributed by atoms with Crippen LogP contribution in [0.25, 0.3) is 0 Å². The second kappa shape index (κ2) is 8.01. The van der Waals surface area contributed by atoms with E-state index < -0.39 is 0 Å². The maximum atomic E-state index is 11.2. The number of hydrogen-bond donors (Lipinski definition) is 2. The molecule has 0 aliphatic heterocycles. The van der Waals surface area contributed by atoms with Gasteiger partial charge in [-0.3, -0.25) is 4.79 Å². The Morgan fingerprint density at radius 1 is 1.54 bits per heavy atom. The summed E-state index contributed by atoms with van der Waals surface area (Å²) in [4.78, 5) is 11.2. The van der Waals surface area contributed by atoms with E-state index in [0.717, 1.165) is 13.0 Å². The Labute approximate surface area is 80.0 Å². The first-order valence-electron chi connectivity index (χ1n) is 4.63. The topological polar surface area (TPSA) is 50.4 Å². The predicted molar refractivity (Wildman–Crippen MR) is 52.6 cm³/mol. The largest absolute Gasteiger partial charge is 0.385 e. The molecule has 1 atom stereocenters. The van der Waals surface area contributed by atoms with Crippen molar-refractivity contribution >= 4 is 5.91 Å². The van der Waals surface area contributed by atoms with Crippen molar-refractivity contribution in [3.05, 3.63) is 0 Å². The molecule has 0 aromatic heterocycles. The SMILES string of the molecule is CNCCC(=O)NC(C)CCOC. The molecule has 78 valence electrons. The fraction of sp³-hybridized carbons (Fsp3) is 0.889. The van der Waals surface area contributed by atoms with E-state index in [1.54, 1.807) is 7.11 Å². The number of methoxy groups -OCH3 is 1. The summed E-state index contributed by atoms with van der Waals surface area (Å²) in [5, 5.41) is 5.82. The van der Waals surface area contributed by atoms with Crippen LogP contribution in [0.2, 0.25) is 0 Å². The van der Waals surface area contributed by atoms with Crippen molar-refractivity contribution in [3.63, 3.8) is 0 Å². The molecule has 13 heavy (non-hydrogen) atoms. The van der Waals surface area contributed by atoms with Gasteiger partial charge in [0.25, 0.3) is 0 Å². The summed E-state index contributed by atoms with van der Waals surface area (Å²) in [6.07, 6.45) is 1.40. The minimum atomic E-state index is 0.0953. The number of hydrogen-bond acceptors (Lipinski definition) is 3. The molecule has 0 aliphatic carbocycles. The van der Waals surface area contributed by atoms with E-state index in [2.05, 4.69) is 10.6 Å². The second-order valence-corrected chi connectivity index (χ2v) is 3.10. The number of carbonyl (C=O) groups is 1. The van der Waals surface area contributed by atoms with Crippen molar-refractivity contribution in [2.45, 2.75) is 25.8 Å². The Hall–Kier alpha value is -0.610. The first-order valence-corrected chi connectivity index (χ1v) is 4.63. The van der Waals surface area contributed by atoms with Gasteiger partial charge in [0, 0.05) is 32.7 Å². The molecule has 0 heterocycles. The molecule has 2 N–H and O–H groups in total. The summed E-state index contributed by atoms with van der Waals surface area (Å²) in [6, 6.07) is 0.198. The minimum Gasteiger partial charge on any atom is -0.385 e. The van der Waals surface area contributed by atoms with Crippen LogP contribution in [0.4, 0.5) is 0 Å². The molecule has 0 aromatic rings. The van der Waals surface area contributed by atoms with E-state index in [-0.39, 0.29) is 11.9 Å². The van der Waals surface area contributed by atoms with Gasteiger partial charge in [0.05, 0.1) is 0 Å². The zero-order valence-electron chi connectivity index (χ0n) is 8.72. The molecule has 0 bridgehead atoms. The Bertz CT molecular complexity index is 140. The first-order chi connectivity index (χ1) is 6.20. The van der Waals surface area contributed by atoms with Crippen LogP contribution < -0.4 is 10.6 Å². The van der Waals surface area contributed by atoms with Gasteiger partial charge >= 0.3 is 0 Å². The van der Waals surface area contributed by atoms with Gasteiger partial charge < -0.3 is 15.4 Å². The average molecular weight is 188 g/mol. The lowest BCUT2D eigenvalue weighted by molar-refractivity contribution is -0.121. The molecular weight excluding hydrogens is 168 g/mol. The van der Waals surface area contributed by atoms with Gasteiger partial charge in [-0.15, -0.1) is 0 Å². The van der Waals surface area contributed by atoms with Gasteiger partial charge in [0.1, 0.15) is 0 Å². The average Bonchev–Trinajstić information content (AvgIpc) is 2.11. The number of nitrogens with one attached hydrogen (secondary N) is 2. The third kappa shape index (κ3) is 7.74. The third-order valence-corrected chi connectivity index (χ3v) is 1.76. The van der Waals surface area contributed by atoms with Crippen molar-refractivity contribution in [1.82, 2.24) is 10.6 Å². The van der Waals surface area contributed by atoms with E-state index >= 15 is 0 Å². The molecule has 1 unspecified atom stereocenters. The van der Waals surface area contributed by atoms with Gasteiger partial charge in [0.2, 0.25) is 5.91 Å². The van der Waals surface area contributed by atoms with Crippen LogP contribution in [0.3, 0.4) is 0 Å². The molecule has 0 fully saturated rings. The van der Waals surface area contributed by atoms with Gasteiger partial charge in [-0.2, -0.15) is 0 Å². The number of amides is 1. The van der Waals surface area contributed by atoms with Crippen LogP contribution in [0.15, 0.2) is 0 Å². The summed E-state index contributed by atoms with van der Waals surface area (Å²) in [6.45, 7) is 3.40. The lowest BCUT2D eigenvalue weighted by Crippen LogP contribution is -2.34. The predicted octanol–water partition coefficient (Wildman–Crippen LogP) is 0.137. The molecule has 1 amide bonds. The molecule has 0 radical (unpaired) electrons. The quantitative estimate of drug-likeness (QED) is 0.597. The molecule has 0 saturated carbocycles. The first kappa shape index (κ1) is 12.4. The second-order valence-electron chi connectivity index (χ2n) is 3.10. The smallest absolute Gasteiger partial charge is 0.221 e. The van der Waals surface area contributed by atoms with Crippen LogP contribution >= 0.6 is 0 Å². The minimum absolute atomic E-state index is 0.0953. The van der Waals surface area contributed by atoms with E-state index in [9.17, 15) is 4.79 Å². The lowest BCUT2D eigenvalue weighted by atomic mass is 10.2. The highest BCUT2D eigenvalue weighted by atomic mass is 16.5. The molecule has 0 aliphatic rings. The molecular formula is C9H20N2O2. The third-order valence-electron chi connectivity index (χ3n) is 1.76. The number of ether oxygens (including phenoxy) is 1. The Balaban J connectivity index is 3.41. The summed E-state index contributed by atoms with van der Waals surface area (Å²) >= 11 is 0. The zero-order chi connectivity index (χ0) is 10.1. The van der Waals surface area contributed by atoms with Crippen LogP contribution in [0.1, 0.15) is 19.8 Å². The normalized spacial score (nSPS) is 12.5. The number of rotatable bonds is 7. The van der Waals surface area contributed by atoms with Gasteiger partial charge in [0.15, 0.2) is 0 Å². The highest BCUT2D eigenvalue weighted by molar-refractivity contribution is 5.76. The maximum absolute atomic E-state index is 11.2. The molecule has 0 spiro atoms. The van der Waals surface area contributed by atoms with Crippen molar-refractivity contribution < 1.29 is 9.53 Å². The highest BCUT2D eigenvalue weighted by Gasteiger charge is 2.05. The summed E-state index contributed by atoms with van der Waals surface area (Å²) < 4.78 is 4.91. The highest BCUT2D eigenvalue weighted by Crippen LogP contribution is 1.91. The van der Waals surface area contributed by atoms with Crippen molar-refractivity contribution in [2.75, 3.05) is 27.3 Å². The van der Waals surface area contributed by atoms with E-state index in [0.29, 0.717) is 13.0 Å². The Morgan fingerprint density at radius 2 is 2.23 bits per heavy atom. The Morgan fingerprint density at radius 3 is 2.77 bits per heavy atom. The van der Waals surface area contributed by atoms with E-state index in [1.165, 1.54) is 0 Å². The van der Waals surface area contributed by atoms with Crippen LogP contribution in [0, 0.1) is 0 Å². The van der Waals surface area contributed by atoms with Crippen molar-refractivity contribution in [2.24, 2.45) is 0 Å². The molecule has 0 saturated heterocycles. The van der Waals surface area contributed by atoms with Crippen LogP contribution in [-0.4, -0.2) is 39.3 Å². The summed E-state index contributed by atoms with van der Waals surface area (Å²) in [5.41, 5.74) is 0. The zero-order valence-corrected chi connectivity index (χ0v) is 8.72. The van der Waals surface area contributed by atoms with Gasteiger partial charge in [-0.1, -0.05) is 0 Å². The summed E-state index contributed by atoms with van der Waals surface area (Å²) in [7, 11) is 3.50. The fourth-order valence-electron chi connectivity index (χ4n) is 0.952. The molecule has 4 nitrogen and oxygen atoms in total. The molecule has 0 rings (SSSR count). The van der Waals surface area contributed by atoms with Crippen LogP contribution in [-0.2, 0) is 9.53 Å². The lowest BCUT2D eigenvalue weighted by Gasteiger charge is -2.12. The monoisotopic (exact) mass is 188 g/mol. The Kier molecular flexibility index (Phi) is 7.63. The molecule has 4 heteroatoms. The number of carbonyl (C=O) groups excluding carboxylic acids is 1. The van der Waals surface area contributed by atoms with Gasteiger partial charge in [-0.05, 0) is 20.4 Å². The van der Waals surface area contributed by atoms with Gasteiger partial charge in [-0.25, -0.2) is 0 Å². The van der Waals surface area contributed by atoms with E-state index in [1.807, 2.05) is 14.0 Å². The molecule has 0 aromatic carbocycles. The van der Waals surface area contributed by atoms with Crippen molar-refractivity contribution in [3.8, 4) is 0 Å². The van der Waals surface area contributed by atoms with Crippen LogP contribution in [0.5, 0.6) is 0 Å². The maximum Gasteiger partial charge on any atom is 0.221 e. The standard InChI is InChI=1S/C9H20N2O2/c1-8(5-7-13-3)11-9(12)4-6-10-2/h8,10H,4-7H2,1-3H3,(H,11,12).